The van der Waals surface area contributed by atoms with Gasteiger partial charge < -0.3 is 19.9 Å². The van der Waals surface area contributed by atoms with Gasteiger partial charge in [0.05, 0.1) is 20.3 Å². The van der Waals surface area contributed by atoms with Crippen molar-refractivity contribution < 1.29 is 28.6 Å². The van der Waals surface area contributed by atoms with E-state index in [-0.39, 0.29) is 24.7 Å². The molecule has 0 spiro atoms. The van der Waals surface area contributed by atoms with Crippen molar-refractivity contribution >= 4 is 17.6 Å². The molecule has 1 heterocycles. The Hall–Kier alpha value is -2.15. The van der Waals surface area contributed by atoms with Gasteiger partial charge in [0, 0.05) is 11.8 Å². The van der Waals surface area contributed by atoms with Crippen molar-refractivity contribution in [1.82, 2.24) is 0 Å². The van der Waals surface area contributed by atoms with Gasteiger partial charge in [0.1, 0.15) is 0 Å². The Bertz CT molecular complexity index is 527. The zero-order chi connectivity index (χ0) is 14.0. The summed E-state index contributed by atoms with van der Waals surface area (Å²) in [7, 11) is 1.32. The molecule has 1 fully saturated rings. The first-order chi connectivity index (χ1) is 8.99. The smallest absolute Gasteiger partial charge is 0.324 e. The molecule has 0 atom stereocenters. The van der Waals surface area contributed by atoms with Crippen molar-refractivity contribution in [1.29, 1.82) is 0 Å². The number of halogens is 1. The highest BCUT2D eigenvalue weighted by atomic mass is 19.1. The predicted octanol–water partition coefficient (Wildman–Crippen LogP) is 0.874. The summed E-state index contributed by atoms with van der Waals surface area (Å²) in [6.45, 7) is -0.375. The maximum absolute atomic E-state index is 13.4. The van der Waals surface area contributed by atoms with Gasteiger partial charge in [-0.15, -0.1) is 0 Å². The second-order valence-corrected chi connectivity index (χ2v) is 4.18. The number of carbonyl (C=O) groups is 2. The summed E-state index contributed by atoms with van der Waals surface area (Å²) in [5.41, 5.74) is -1.42. The molecule has 1 aliphatic rings. The topological polar surface area (TPSA) is 84.9 Å². The van der Waals surface area contributed by atoms with E-state index in [0.29, 0.717) is 0 Å². The molecule has 0 unspecified atom stereocenters. The van der Waals surface area contributed by atoms with Gasteiger partial charge >= 0.3 is 5.97 Å². The number of methoxy groups -OCH3 is 1. The minimum Gasteiger partial charge on any atom is -0.494 e. The van der Waals surface area contributed by atoms with Gasteiger partial charge in [-0.25, -0.2) is 4.39 Å². The number of anilines is 1. The summed E-state index contributed by atoms with van der Waals surface area (Å²) in [4.78, 5) is 23.0. The lowest BCUT2D eigenvalue weighted by molar-refractivity contribution is -0.182. The third kappa shape index (κ3) is 2.24. The SMILES string of the molecule is COc1ccc(NC(=O)C2(C(=O)O)COC2)cc1F. The van der Waals surface area contributed by atoms with Crippen molar-refractivity contribution in [3.63, 3.8) is 0 Å². The van der Waals surface area contributed by atoms with E-state index in [2.05, 4.69) is 5.32 Å². The predicted molar refractivity (Wildman–Crippen MR) is 62.5 cm³/mol. The molecule has 102 valence electrons. The van der Waals surface area contributed by atoms with E-state index in [1.54, 1.807) is 0 Å². The number of ether oxygens (including phenoxy) is 2. The average Bonchev–Trinajstić information content (AvgIpc) is 2.26. The summed E-state index contributed by atoms with van der Waals surface area (Å²) in [6.07, 6.45) is 0. The number of hydrogen-bond acceptors (Lipinski definition) is 4. The average molecular weight is 269 g/mol. The highest BCUT2D eigenvalue weighted by Gasteiger charge is 2.53. The summed E-state index contributed by atoms with van der Waals surface area (Å²) in [5.74, 6) is -2.59. The lowest BCUT2D eigenvalue weighted by Crippen LogP contribution is -2.57. The van der Waals surface area contributed by atoms with Gasteiger partial charge in [-0.3, -0.25) is 9.59 Å². The van der Waals surface area contributed by atoms with E-state index < -0.39 is 23.1 Å². The highest BCUT2D eigenvalue weighted by Crippen LogP contribution is 2.30. The molecular weight excluding hydrogens is 257 g/mol. The Morgan fingerprint density at radius 3 is 2.58 bits per heavy atom. The molecular formula is C12H12FNO5. The molecule has 0 aliphatic carbocycles. The number of nitrogens with one attached hydrogen (secondary N) is 1. The summed E-state index contributed by atoms with van der Waals surface area (Å²) in [6, 6.07) is 3.83. The quantitative estimate of drug-likeness (QED) is 0.792. The normalized spacial score (nSPS) is 16.3. The van der Waals surface area contributed by atoms with Crippen LogP contribution in [0.25, 0.3) is 0 Å². The minimum absolute atomic E-state index is 0.0397. The number of rotatable bonds is 4. The van der Waals surface area contributed by atoms with E-state index in [1.165, 1.54) is 19.2 Å². The van der Waals surface area contributed by atoms with Crippen LogP contribution in [0.1, 0.15) is 0 Å². The van der Waals surface area contributed by atoms with Crippen LogP contribution in [-0.4, -0.2) is 37.3 Å². The van der Waals surface area contributed by atoms with Gasteiger partial charge in [-0.1, -0.05) is 0 Å². The molecule has 19 heavy (non-hydrogen) atoms. The monoisotopic (exact) mass is 269 g/mol. The Morgan fingerprint density at radius 2 is 2.16 bits per heavy atom. The second-order valence-electron chi connectivity index (χ2n) is 4.18. The fourth-order valence-electron chi connectivity index (χ4n) is 1.65. The third-order valence-corrected chi connectivity index (χ3v) is 2.95. The molecule has 2 N–H and O–H groups in total. The second kappa shape index (κ2) is 4.85. The van der Waals surface area contributed by atoms with Crippen LogP contribution in [0.2, 0.25) is 0 Å². The standard InChI is InChI=1S/C12H12FNO5/c1-18-9-3-2-7(4-8(9)13)14-10(15)12(11(16)17)5-19-6-12/h2-4H,5-6H2,1H3,(H,14,15)(H,16,17). The molecule has 1 aliphatic heterocycles. The van der Waals surface area contributed by atoms with E-state index in [9.17, 15) is 14.0 Å². The van der Waals surface area contributed by atoms with Gasteiger partial charge in [0.2, 0.25) is 5.91 Å². The fourth-order valence-corrected chi connectivity index (χ4v) is 1.65. The zero-order valence-electron chi connectivity index (χ0n) is 10.1. The first-order valence-electron chi connectivity index (χ1n) is 5.46. The molecule has 6 nitrogen and oxygen atoms in total. The number of benzene rings is 1. The van der Waals surface area contributed by atoms with Gasteiger partial charge in [-0.05, 0) is 12.1 Å². The number of carboxylic acid groups (broad SMARTS) is 1. The fraction of sp³-hybridized carbons (Fsp3) is 0.333. The van der Waals surface area contributed by atoms with E-state index in [4.69, 9.17) is 14.6 Å². The van der Waals surface area contributed by atoms with E-state index >= 15 is 0 Å². The van der Waals surface area contributed by atoms with Crippen molar-refractivity contribution in [2.24, 2.45) is 5.41 Å². The molecule has 0 bridgehead atoms. The van der Waals surface area contributed by atoms with Crippen LogP contribution in [0.4, 0.5) is 10.1 Å². The number of hydrogen-bond donors (Lipinski definition) is 2. The Labute approximate surface area is 108 Å². The zero-order valence-corrected chi connectivity index (χ0v) is 10.1. The summed E-state index contributed by atoms with van der Waals surface area (Å²) in [5, 5.41) is 11.4. The maximum Gasteiger partial charge on any atom is 0.324 e. The van der Waals surface area contributed by atoms with Gasteiger partial charge in [0.25, 0.3) is 0 Å². The van der Waals surface area contributed by atoms with Crippen LogP contribution in [0.3, 0.4) is 0 Å². The Kier molecular flexibility index (Phi) is 3.39. The molecule has 7 heteroatoms. The van der Waals surface area contributed by atoms with E-state index in [1.807, 2.05) is 0 Å². The number of aliphatic carboxylic acids is 1. The number of carbonyl (C=O) groups excluding carboxylic acids is 1. The molecule has 1 amide bonds. The molecule has 2 rings (SSSR count). The number of amides is 1. The van der Waals surface area contributed by atoms with Gasteiger partial charge in [-0.2, -0.15) is 0 Å². The van der Waals surface area contributed by atoms with Crippen molar-refractivity contribution in [2.75, 3.05) is 25.6 Å². The molecule has 0 aromatic heterocycles. The summed E-state index contributed by atoms with van der Waals surface area (Å²) < 4.78 is 23.0. The van der Waals surface area contributed by atoms with Crippen LogP contribution in [-0.2, 0) is 14.3 Å². The largest absolute Gasteiger partial charge is 0.494 e. The van der Waals surface area contributed by atoms with Crippen LogP contribution in [0, 0.1) is 11.2 Å². The molecule has 1 aromatic carbocycles. The molecule has 0 saturated carbocycles. The first kappa shape index (κ1) is 13.3. The molecule has 1 saturated heterocycles. The summed E-state index contributed by atoms with van der Waals surface area (Å²) >= 11 is 0. The van der Waals surface area contributed by atoms with Crippen LogP contribution in [0.15, 0.2) is 18.2 Å². The lowest BCUT2D eigenvalue weighted by atomic mass is 9.85. The maximum atomic E-state index is 13.4. The van der Waals surface area contributed by atoms with Crippen molar-refractivity contribution in [3.8, 4) is 5.75 Å². The minimum atomic E-state index is -1.59. The Morgan fingerprint density at radius 1 is 1.47 bits per heavy atom. The molecule has 1 aromatic rings. The van der Waals surface area contributed by atoms with Crippen molar-refractivity contribution in [3.05, 3.63) is 24.0 Å². The third-order valence-electron chi connectivity index (χ3n) is 2.95. The first-order valence-corrected chi connectivity index (χ1v) is 5.46. The Balaban J connectivity index is 2.15. The molecule has 0 radical (unpaired) electrons. The van der Waals surface area contributed by atoms with Crippen LogP contribution in [0.5, 0.6) is 5.75 Å². The van der Waals surface area contributed by atoms with Crippen molar-refractivity contribution in [2.45, 2.75) is 0 Å². The van der Waals surface area contributed by atoms with E-state index in [0.717, 1.165) is 6.07 Å². The lowest BCUT2D eigenvalue weighted by Gasteiger charge is -2.35. The number of carboxylic acids is 1. The van der Waals surface area contributed by atoms with Gasteiger partial charge in [0.15, 0.2) is 17.0 Å². The highest BCUT2D eigenvalue weighted by molar-refractivity contribution is 6.09. The van der Waals surface area contributed by atoms with Crippen LogP contribution < -0.4 is 10.1 Å². The van der Waals surface area contributed by atoms with Crippen LogP contribution >= 0.6 is 0 Å².